The molecule has 15 heavy (non-hydrogen) atoms. The van der Waals surface area contributed by atoms with Crippen molar-refractivity contribution in [1.29, 1.82) is 0 Å². The van der Waals surface area contributed by atoms with Gasteiger partial charge in [-0.1, -0.05) is 18.2 Å². The molecule has 1 aliphatic rings. The van der Waals surface area contributed by atoms with Crippen LogP contribution in [0.25, 0.3) is 10.1 Å². The third-order valence-electron chi connectivity index (χ3n) is 2.66. The number of urea groups is 1. The van der Waals surface area contributed by atoms with E-state index in [-0.39, 0.29) is 12.1 Å². The van der Waals surface area contributed by atoms with Crippen molar-refractivity contribution in [2.75, 3.05) is 6.54 Å². The van der Waals surface area contributed by atoms with Crippen LogP contribution in [0.2, 0.25) is 0 Å². The van der Waals surface area contributed by atoms with E-state index in [0.29, 0.717) is 6.54 Å². The lowest BCUT2D eigenvalue weighted by atomic mass is 10.1. The maximum atomic E-state index is 11.1. The smallest absolute Gasteiger partial charge is 0.315 e. The average molecular weight is 218 g/mol. The molecular formula is C11H10N2OS. The van der Waals surface area contributed by atoms with Crippen molar-refractivity contribution in [3.05, 3.63) is 35.2 Å². The minimum absolute atomic E-state index is 0.0738. The first-order valence-corrected chi connectivity index (χ1v) is 5.73. The highest BCUT2D eigenvalue weighted by atomic mass is 32.1. The van der Waals surface area contributed by atoms with E-state index in [1.807, 2.05) is 12.1 Å². The fourth-order valence-electron chi connectivity index (χ4n) is 1.91. The van der Waals surface area contributed by atoms with Gasteiger partial charge in [0.05, 0.1) is 6.04 Å². The maximum Gasteiger partial charge on any atom is 0.315 e. The van der Waals surface area contributed by atoms with E-state index in [2.05, 4.69) is 28.1 Å². The number of carbonyl (C=O) groups excluding carboxylic acids is 1. The standard InChI is InChI=1S/C11H10N2OS/c14-11-12-5-9(13-11)8-6-15-10-4-2-1-3-7(8)10/h1-4,6,9H,5H2,(H2,12,13,14)/t9-/m0/s1. The molecule has 1 aliphatic heterocycles. The van der Waals surface area contributed by atoms with E-state index in [4.69, 9.17) is 0 Å². The van der Waals surface area contributed by atoms with Gasteiger partial charge < -0.3 is 10.6 Å². The van der Waals surface area contributed by atoms with Crippen molar-refractivity contribution >= 4 is 27.5 Å². The Labute approximate surface area is 91.1 Å². The van der Waals surface area contributed by atoms with Gasteiger partial charge in [0.1, 0.15) is 0 Å². The molecule has 1 aromatic heterocycles. The van der Waals surface area contributed by atoms with Gasteiger partial charge in [-0.15, -0.1) is 11.3 Å². The molecule has 76 valence electrons. The van der Waals surface area contributed by atoms with Gasteiger partial charge in [0.15, 0.2) is 0 Å². The van der Waals surface area contributed by atoms with Gasteiger partial charge in [0.25, 0.3) is 0 Å². The number of fused-ring (bicyclic) bond motifs is 1. The zero-order valence-corrected chi connectivity index (χ0v) is 8.80. The van der Waals surface area contributed by atoms with Gasteiger partial charge in [-0.2, -0.15) is 0 Å². The Kier molecular flexibility index (Phi) is 1.89. The molecule has 2 aromatic rings. The fourth-order valence-corrected chi connectivity index (χ4v) is 2.93. The van der Waals surface area contributed by atoms with Crippen LogP contribution in [0.4, 0.5) is 4.79 Å². The molecule has 2 amide bonds. The number of carbonyl (C=O) groups is 1. The summed E-state index contributed by atoms with van der Waals surface area (Å²) in [5.74, 6) is 0. The molecule has 0 unspecified atom stereocenters. The van der Waals surface area contributed by atoms with E-state index in [9.17, 15) is 4.79 Å². The van der Waals surface area contributed by atoms with Crippen molar-refractivity contribution in [1.82, 2.24) is 10.6 Å². The third kappa shape index (κ3) is 1.37. The summed E-state index contributed by atoms with van der Waals surface area (Å²) in [7, 11) is 0. The highest BCUT2D eigenvalue weighted by Crippen LogP contribution is 2.30. The van der Waals surface area contributed by atoms with E-state index in [1.165, 1.54) is 15.6 Å². The molecule has 2 N–H and O–H groups in total. The summed E-state index contributed by atoms with van der Waals surface area (Å²) in [5.41, 5.74) is 1.22. The van der Waals surface area contributed by atoms with Crippen LogP contribution in [0.1, 0.15) is 11.6 Å². The number of hydrogen-bond donors (Lipinski definition) is 2. The molecule has 4 heteroatoms. The van der Waals surface area contributed by atoms with Gasteiger partial charge in [0, 0.05) is 11.2 Å². The Morgan fingerprint density at radius 2 is 2.20 bits per heavy atom. The van der Waals surface area contributed by atoms with Crippen LogP contribution in [0.15, 0.2) is 29.6 Å². The van der Waals surface area contributed by atoms with E-state index < -0.39 is 0 Å². The van der Waals surface area contributed by atoms with Gasteiger partial charge in [-0.05, 0) is 22.4 Å². The Hall–Kier alpha value is -1.55. The summed E-state index contributed by atoms with van der Waals surface area (Å²) in [6.07, 6.45) is 0. The van der Waals surface area contributed by atoms with Gasteiger partial charge >= 0.3 is 6.03 Å². The molecule has 0 radical (unpaired) electrons. The van der Waals surface area contributed by atoms with Gasteiger partial charge in [0.2, 0.25) is 0 Å². The van der Waals surface area contributed by atoms with Crippen LogP contribution >= 0.6 is 11.3 Å². The topological polar surface area (TPSA) is 41.1 Å². The predicted octanol–water partition coefficient (Wildman–Crippen LogP) is 2.26. The summed E-state index contributed by atoms with van der Waals surface area (Å²) in [6, 6.07) is 8.32. The van der Waals surface area contributed by atoms with Crippen LogP contribution in [0.5, 0.6) is 0 Å². The predicted molar refractivity (Wildman–Crippen MR) is 61.1 cm³/mol. The minimum Gasteiger partial charge on any atom is -0.336 e. The summed E-state index contributed by atoms with van der Waals surface area (Å²) < 4.78 is 1.27. The summed E-state index contributed by atoms with van der Waals surface area (Å²) in [6.45, 7) is 0.680. The van der Waals surface area contributed by atoms with E-state index in [1.54, 1.807) is 11.3 Å². The normalized spacial score (nSPS) is 20.3. The van der Waals surface area contributed by atoms with Crippen molar-refractivity contribution in [2.24, 2.45) is 0 Å². The second-order valence-corrected chi connectivity index (χ2v) is 4.51. The molecule has 1 atom stereocenters. The monoisotopic (exact) mass is 218 g/mol. The highest BCUT2D eigenvalue weighted by Gasteiger charge is 2.23. The molecule has 1 fully saturated rings. The number of thiophene rings is 1. The van der Waals surface area contributed by atoms with Crippen molar-refractivity contribution in [2.45, 2.75) is 6.04 Å². The number of hydrogen-bond acceptors (Lipinski definition) is 2. The van der Waals surface area contributed by atoms with Crippen LogP contribution in [0.3, 0.4) is 0 Å². The van der Waals surface area contributed by atoms with Crippen molar-refractivity contribution in [3.8, 4) is 0 Å². The molecule has 3 rings (SSSR count). The molecule has 2 heterocycles. The fraction of sp³-hybridized carbons (Fsp3) is 0.182. The van der Waals surface area contributed by atoms with Crippen LogP contribution in [0, 0.1) is 0 Å². The zero-order chi connectivity index (χ0) is 10.3. The Morgan fingerprint density at radius 1 is 1.33 bits per heavy atom. The number of nitrogens with one attached hydrogen (secondary N) is 2. The van der Waals surface area contributed by atoms with Gasteiger partial charge in [-0.3, -0.25) is 0 Å². The molecule has 0 spiro atoms. The molecule has 1 aromatic carbocycles. The Morgan fingerprint density at radius 3 is 3.00 bits per heavy atom. The minimum atomic E-state index is -0.0738. The maximum absolute atomic E-state index is 11.1. The summed E-state index contributed by atoms with van der Waals surface area (Å²) in [4.78, 5) is 11.1. The molecule has 1 saturated heterocycles. The van der Waals surface area contributed by atoms with Crippen molar-refractivity contribution < 1.29 is 4.79 Å². The number of amides is 2. The molecule has 0 bridgehead atoms. The summed E-state index contributed by atoms with van der Waals surface area (Å²) >= 11 is 1.72. The molecule has 0 aliphatic carbocycles. The number of rotatable bonds is 1. The second kappa shape index (κ2) is 3.24. The lowest BCUT2D eigenvalue weighted by molar-refractivity contribution is 0.247. The largest absolute Gasteiger partial charge is 0.336 e. The van der Waals surface area contributed by atoms with Crippen molar-refractivity contribution in [3.63, 3.8) is 0 Å². The Balaban J connectivity index is 2.07. The third-order valence-corrected chi connectivity index (χ3v) is 3.64. The lowest BCUT2D eigenvalue weighted by Crippen LogP contribution is -2.21. The van der Waals surface area contributed by atoms with Crippen LogP contribution < -0.4 is 10.6 Å². The molecular weight excluding hydrogens is 208 g/mol. The van der Waals surface area contributed by atoms with E-state index >= 15 is 0 Å². The lowest BCUT2D eigenvalue weighted by Gasteiger charge is -2.06. The van der Waals surface area contributed by atoms with Gasteiger partial charge in [-0.25, -0.2) is 4.79 Å². The Bertz CT molecular complexity index is 520. The van der Waals surface area contributed by atoms with Crippen LogP contribution in [-0.4, -0.2) is 12.6 Å². The quantitative estimate of drug-likeness (QED) is 0.757. The average Bonchev–Trinajstić information content (AvgIpc) is 2.83. The van der Waals surface area contributed by atoms with E-state index in [0.717, 1.165) is 0 Å². The summed E-state index contributed by atoms with van der Waals surface area (Å²) in [5, 5.41) is 9.06. The first-order valence-electron chi connectivity index (χ1n) is 4.85. The zero-order valence-electron chi connectivity index (χ0n) is 7.99. The SMILES string of the molecule is O=C1NC[C@@H](c2csc3ccccc23)N1. The second-order valence-electron chi connectivity index (χ2n) is 3.59. The first kappa shape index (κ1) is 8.73. The molecule has 3 nitrogen and oxygen atoms in total. The number of benzene rings is 1. The first-order chi connectivity index (χ1) is 7.34. The highest BCUT2D eigenvalue weighted by molar-refractivity contribution is 7.17. The van der Waals surface area contributed by atoms with Crippen LogP contribution in [-0.2, 0) is 0 Å². The molecule has 0 saturated carbocycles.